The first kappa shape index (κ1) is 22.5. The fraction of sp³-hybridized carbons (Fsp3) is 0.611. The van der Waals surface area contributed by atoms with Gasteiger partial charge in [0.25, 0.3) is 0 Å². The molecule has 1 heterocycles. The molecule has 2 rings (SSSR count). The number of hydrogen-bond donors (Lipinski definition) is 2. The summed E-state index contributed by atoms with van der Waals surface area (Å²) in [4.78, 5) is 9.18. The van der Waals surface area contributed by atoms with Gasteiger partial charge in [-0.2, -0.15) is 11.8 Å². The van der Waals surface area contributed by atoms with Crippen LogP contribution in [0.4, 0.5) is 0 Å². The van der Waals surface area contributed by atoms with Gasteiger partial charge in [-0.05, 0) is 24.4 Å². The number of nitrogens with one attached hydrogen (secondary N) is 2. The van der Waals surface area contributed by atoms with Crippen molar-refractivity contribution < 1.29 is 0 Å². The second kappa shape index (κ2) is 12.8. The third kappa shape index (κ3) is 8.61. The van der Waals surface area contributed by atoms with Crippen LogP contribution < -0.4 is 10.6 Å². The summed E-state index contributed by atoms with van der Waals surface area (Å²) in [6.07, 6.45) is 2.11. The molecular formula is C18H32IN5S. The number of benzene rings is 1. The number of aliphatic imine (C=N–C) groups is 1. The number of nitrogens with zero attached hydrogens (tertiary/aromatic N) is 3. The molecule has 0 atom stereocenters. The Balaban J connectivity index is 0.00000312. The lowest BCUT2D eigenvalue weighted by Crippen LogP contribution is -2.43. The quantitative estimate of drug-likeness (QED) is 0.273. The standard InChI is InChI=1S/C18H31N5S.HI/c1-19-18(20-8-13-24-3)21-14-16-4-6-17(7-5-16)15-23-11-9-22(2)10-12-23;/h4-7H,8-15H2,1-3H3,(H2,19,20,21);1H. The van der Waals surface area contributed by atoms with E-state index in [1.165, 1.54) is 24.2 Å². The van der Waals surface area contributed by atoms with Crippen LogP contribution in [-0.2, 0) is 13.1 Å². The molecule has 0 unspecified atom stereocenters. The van der Waals surface area contributed by atoms with Crippen molar-refractivity contribution in [2.24, 2.45) is 4.99 Å². The molecule has 1 fully saturated rings. The molecule has 1 saturated heterocycles. The first-order valence-corrected chi connectivity index (χ1v) is 10.0. The summed E-state index contributed by atoms with van der Waals surface area (Å²) in [7, 11) is 4.01. The van der Waals surface area contributed by atoms with Crippen molar-refractivity contribution in [2.75, 3.05) is 58.8 Å². The lowest BCUT2D eigenvalue weighted by atomic mass is 10.1. The van der Waals surface area contributed by atoms with Gasteiger partial charge >= 0.3 is 0 Å². The number of thioether (sulfide) groups is 1. The number of halogens is 1. The van der Waals surface area contributed by atoms with Gasteiger partial charge in [0.2, 0.25) is 0 Å². The molecule has 0 aromatic heterocycles. The second-order valence-electron chi connectivity index (χ2n) is 6.24. The number of guanidine groups is 1. The third-order valence-electron chi connectivity index (χ3n) is 4.31. The van der Waals surface area contributed by atoms with E-state index in [2.05, 4.69) is 63.0 Å². The van der Waals surface area contributed by atoms with Gasteiger partial charge in [-0.1, -0.05) is 24.3 Å². The van der Waals surface area contributed by atoms with E-state index in [0.29, 0.717) is 0 Å². The summed E-state index contributed by atoms with van der Waals surface area (Å²) in [6.45, 7) is 7.46. The highest BCUT2D eigenvalue weighted by Crippen LogP contribution is 2.09. The highest BCUT2D eigenvalue weighted by Gasteiger charge is 2.13. The van der Waals surface area contributed by atoms with Crippen molar-refractivity contribution in [2.45, 2.75) is 13.1 Å². The predicted molar refractivity (Wildman–Crippen MR) is 121 cm³/mol. The Kier molecular flexibility index (Phi) is 11.5. The lowest BCUT2D eigenvalue weighted by Gasteiger charge is -2.32. The van der Waals surface area contributed by atoms with E-state index in [4.69, 9.17) is 0 Å². The molecule has 0 bridgehead atoms. The van der Waals surface area contributed by atoms with Crippen LogP contribution in [0.1, 0.15) is 11.1 Å². The Morgan fingerprint density at radius 2 is 1.72 bits per heavy atom. The van der Waals surface area contributed by atoms with E-state index >= 15 is 0 Å². The Morgan fingerprint density at radius 3 is 2.32 bits per heavy atom. The monoisotopic (exact) mass is 477 g/mol. The molecule has 5 nitrogen and oxygen atoms in total. The van der Waals surface area contributed by atoms with E-state index < -0.39 is 0 Å². The summed E-state index contributed by atoms with van der Waals surface area (Å²) in [5.74, 6) is 1.95. The normalized spacial score (nSPS) is 16.4. The van der Waals surface area contributed by atoms with Gasteiger partial charge in [0, 0.05) is 58.6 Å². The molecule has 25 heavy (non-hydrogen) atoms. The average molecular weight is 477 g/mol. The van der Waals surface area contributed by atoms with Crippen molar-refractivity contribution in [3.8, 4) is 0 Å². The molecule has 0 radical (unpaired) electrons. The molecule has 0 amide bonds. The van der Waals surface area contributed by atoms with Crippen LogP contribution in [0.15, 0.2) is 29.3 Å². The summed E-state index contributed by atoms with van der Waals surface area (Å²) in [6, 6.07) is 8.93. The number of likely N-dealkylation sites (N-methyl/N-ethyl adjacent to an activating group) is 1. The summed E-state index contributed by atoms with van der Waals surface area (Å²) < 4.78 is 0. The topological polar surface area (TPSA) is 42.9 Å². The summed E-state index contributed by atoms with van der Waals surface area (Å²) in [5, 5.41) is 6.68. The fourth-order valence-electron chi connectivity index (χ4n) is 2.70. The van der Waals surface area contributed by atoms with Crippen LogP contribution in [0.25, 0.3) is 0 Å². The van der Waals surface area contributed by atoms with Gasteiger partial charge in [0.05, 0.1) is 0 Å². The van der Waals surface area contributed by atoms with E-state index in [-0.39, 0.29) is 24.0 Å². The largest absolute Gasteiger partial charge is 0.356 e. The molecule has 0 spiro atoms. The molecule has 2 N–H and O–H groups in total. The molecule has 142 valence electrons. The van der Waals surface area contributed by atoms with Crippen molar-refractivity contribution in [3.63, 3.8) is 0 Å². The Morgan fingerprint density at radius 1 is 1.08 bits per heavy atom. The molecule has 0 saturated carbocycles. The molecule has 1 aromatic rings. The maximum absolute atomic E-state index is 4.25. The minimum Gasteiger partial charge on any atom is -0.356 e. The van der Waals surface area contributed by atoms with Gasteiger partial charge in [-0.25, -0.2) is 0 Å². The Labute approximate surface area is 174 Å². The van der Waals surface area contributed by atoms with E-state index in [9.17, 15) is 0 Å². The van der Waals surface area contributed by atoms with Gasteiger partial charge in [0.1, 0.15) is 0 Å². The molecule has 1 aromatic carbocycles. The average Bonchev–Trinajstić information content (AvgIpc) is 2.61. The number of piperazine rings is 1. The highest BCUT2D eigenvalue weighted by atomic mass is 127. The van der Waals surface area contributed by atoms with Crippen LogP contribution in [0.5, 0.6) is 0 Å². The maximum Gasteiger partial charge on any atom is 0.191 e. The maximum atomic E-state index is 4.25. The zero-order valence-corrected chi connectivity index (χ0v) is 18.8. The molecule has 0 aliphatic carbocycles. The van der Waals surface area contributed by atoms with Gasteiger partial charge in [-0.3, -0.25) is 9.89 Å². The van der Waals surface area contributed by atoms with E-state index in [1.807, 2.05) is 18.8 Å². The zero-order chi connectivity index (χ0) is 17.2. The lowest BCUT2D eigenvalue weighted by molar-refractivity contribution is 0.148. The smallest absolute Gasteiger partial charge is 0.191 e. The van der Waals surface area contributed by atoms with Gasteiger partial charge in [-0.15, -0.1) is 24.0 Å². The minimum atomic E-state index is 0. The van der Waals surface area contributed by atoms with Crippen LogP contribution in [0.2, 0.25) is 0 Å². The van der Waals surface area contributed by atoms with Crippen molar-refractivity contribution in [1.29, 1.82) is 0 Å². The van der Waals surface area contributed by atoms with Crippen molar-refractivity contribution in [3.05, 3.63) is 35.4 Å². The number of hydrogen-bond acceptors (Lipinski definition) is 4. The Hall–Kier alpha value is -0.510. The van der Waals surface area contributed by atoms with Gasteiger partial charge in [0.15, 0.2) is 5.96 Å². The van der Waals surface area contributed by atoms with Crippen molar-refractivity contribution in [1.82, 2.24) is 20.4 Å². The van der Waals surface area contributed by atoms with Crippen molar-refractivity contribution >= 4 is 41.7 Å². The van der Waals surface area contributed by atoms with E-state index in [1.54, 1.807) is 0 Å². The van der Waals surface area contributed by atoms with Crippen LogP contribution in [-0.4, -0.2) is 74.6 Å². The van der Waals surface area contributed by atoms with Crippen LogP contribution in [0, 0.1) is 0 Å². The molecule has 7 heteroatoms. The second-order valence-corrected chi connectivity index (χ2v) is 7.23. The zero-order valence-electron chi connectivity index (χ0n) is 15.6. The predicted octanol–water partition coefficient (Wildman–Crippen LogP) is 2.08. The SMILES string of the molecule is CN=C(NCCSC)NCc1ccc(CN2CCN(C)CC2)cc1.I. The van der Waals surface area contributed by atoms with Crippen LogP contribution >= 0.6 is 35.7 Å². The highest BCUT2D eigenvalue weighted by molar-refractivity contribution is 14.0. The fourth-order valence-corrected chi connectivity index (χ4v) is 3.01. The molecule has 1 aliphatic heterocycles. The van der Waals surface area contributed by atoms with E-state index in [0.717, 1.165) is 44.4 Å². The first-order chi connectivity index (χ1) is 11.7. The summed E-state index contributed by atoms with van der Waals surface area (Å²) in [5.41, 5.74) is 2.68. The van der Waals surface area contributed by atoms with Crippen LogP contribution in [0.3, 0.4) is 0 Å². The Bertz CT molecular complexity index is 501. The number of rotatable bonds is 7. The molecular weight excluding hydrogens is 445 g/mol. The summed E-state index contributed by atoms with van der Waals surface area (Å²) >= 11 is 1.83. The third-order valence-corrected chi connectivity index (χ3v) is 4.92. The van der Waals surface area contributed by atoms with Gasteiger partial charge < -0.3 is 15.5 Å². The molecule has 1 aliphatic rings. The minimum absolute atomic E-state index is 0. The first-order valence-electron chi connectivity index (χ1n) is 8.63.